The number of carbonyl (C=O) groups is 2. The maximum Gasteiger partial charge on any atom is 0.344 e. The van der Waals surface area contributed by atoms with Crippen molar-refractivity contribution in [2.24, 2.45) is 11.7 Å². The highest BCUT2D eigenvalue weighted by Crippen LogP contribution is 2.30. The first kappa shape index (κ1) is 17.2. The number of rotatable bonds is 3. The van der Waals surface area contributed by atoms with Gasteiger partial charge in [0.25, 0.3) is 0 Å². The van der Waals surface area contributed by atoms with Gasteiger partial charge in [0.2, 0.25) is 5.91 Å². The molecule has 132 valence electrons. The van der Waals surface area contributed by atoms with Crippen LogP contribution in [0.15, 0.2) is 47.6 Å². The number of hydroxylamine groups is 2. The highest BCUT2D eigenvalue weighted by Gasteiger charge is 2.29. The van der Waals surface area contributed by atoms with Crippen molar-refractivity contribution in [3.63, 3.8) is 0 Å². The summed E-state index contributed by atoms with van der Waals surface area (Å²) < 4.78 is 0. The molecule has 3 amide bonds. The Bertz CT molecular complexity index is 737. The van der Waals surface area contributed by atoms with E-state index in [4.69, 9.17) is 5.73 Å². The summed E-state index contributed by atoms with van der Waals surface area (Å²) in [6.45, 7) is 3.10. The molecule has 1 aromatic carbocycles. The van der Waals surface area contributed by atoms with Crippen molar-refractivity contribution >= 4 is 11.9 Å². The number of hydrogen-bond acceptors (Lipinski definition) is 3. The number of likely N-dealkylation sites (tertiary alicyclic amines) is 1. The Labute approximate surface area is 147 Å². The first-order valence-corrected chi connectivity index (χ1v) is 8.44. The van der Waals surface area contributed by atoms with Gasteiger partial charge in [0.15, 0.2) is 0 Å². The minimum atomic E-state index is -0.405. The van der Waals surface area contributed by atoms with Gasteiger partial charge in [-0.2, -0.15) is 0 Å². The minimum absolute atomic E-state index is 0.154. The van der Waals surface area contributed by atoms with Gasteiger partial charge in [0.05, 0.1) is 12.5 Å². The van der Waals surface area contributed by atoms with Gasteiger partial charge in [-0.05, 0) is 36.5 Å². The molecular formula is C19H23N3O3. The van der Waals surface area contributed by atoms with Crippen LogP contribution in [-0.4, -0.2) is 40.2 Å². The standard InChI is InChI=1S/C19H23N3O3/c1-13-2-4-14(5-3-13)11-22(25)19(24)21-9-8-15-10-16(18(20)23)6-7-17(15)12-21/h2-5,7,10,16,25H,6,8-9,11-12H2,1H3,(H2,20,23). The fourth-order valence-electron chi connectivity index (χ4n) is 3.23. The number of primary amides is 1. The largest absolute Gasteiger partial charge is 0.369 e. The molecule has 2 aliphatic rings. The molecule has 0 saturated carbocycles. The average molecular weight is 341 g/mol. The summed E-state index contributed by atoms with van der Waals surface area (Å²) in [5.41, 5.74) is 9.51. The molecule has 0 aromatic heterocycles. The van der Waals surface area contributed by atoms with Crippen LogP contribution in [0.2, 0.25) is 0 Å². The van der Waals surface area contributed by atoms with E-state index in [9.17, 15) is 14.8 Å². The molecule has 6 heteroatoms. The molecule has 6 nitrogen and oxygen atoms in total. The molecular weight excluding hydrogens is 318 g/mol. The quantitative estimate of drug-likeness (QED) is 0.653. The van der Waals surface area contributed by atoms with Crippen molar-refractivity contribution < 1.29 is 14.8 Å². The predicted octanol–water partition coefficient (Wildman–Crippen LogP) is 2.37. The molecule has 3 N–H and O–H groups in total. The number of piperidine rings is 1. The normalized spacial score (nSPS) is 19.6. The number of hydrogen-bond donors (Lipinski definition) is 2. The van der Waals surface area contributed by atoms with E-state index in [1.165, 1.54) is 0 Å². The third-order valence-electron chi connectivity index (χ3n) is 4.75. The number of aryl methyl sites for hydroxylation is 1. The smallest absolute Gasteiger partial charge is 0.344 e. The van der Waals surface area contributed by atoms with Crippen LogP contribution in [0, 0.1) is 12.8 Å². The van der Waals surface area contributed by atoms with Crippen LogP contribution >= 0.6 is 0 Å². The van der Waals surface area contributed by atoms with E-state index >= 15 is 0 Å². The molecule has 1 saturated heterocycles. The summed E-state index contributed by atoms with van der Waals surface area (Å²) in [4.78, 5) is 25.5. The van der Waals surface area contributed by atoms with E-state index in [1.54, 1.807) is 4.90 Å². The third kappa shape index (κ3) is 3.91. The molecule has 0 spiro atoms. The number of fused-ring (bicyclic) bond motifs is 1. The van der Waals surface area contributed by atoms with Crippen molar-refractivity contribution in [3.8, 4) is 0 Å². The van der Waals surface area contributed by atoms with Crippen LogP contribution in [0.3, 0.4) is 0 Å². The van der Waals surface area contributed by atoms with E-state index in [0.29, 0.717) is 25.9 Å². The molecule has 25 heavy (non-hydrogen) atoms. The number of carbonyl (C=O) groups excluding carboxylic acids is 2. The van der Waals surface area contributed by atoms with Crippen molar-refractivity contribution in [2.45, 2.75) is 26.3 Å². The van der Waals surface area contributed by atoms with Gasteiger partial charge >= 0.3 is 6.03 Å². The summed E-state index contributed by atoms with van der Waals surface area (Å²) in [5, 5.41) is 10.9. The molecule has 1 unspecified atom stereocenters. The number of urea groups is 1. The topological polar surface area (TPSA) is 86.9 Å². The lowest BCUT2D eigenvalue weighted by Crippen LogP contribution is -2.45. The highest BCUT2D eigenvalue weighted by atomic mass is 16.5. The lowest BCUT2D eigenvalue weighted by atomic mass is 9.86. The summed E-state index contributed by atoms with van der Waals surface area (Å²) in [5.74, 6) is -0.571. The van der Waals surface area contributed by atoms with Crippen molar-refractivity contribution in [2.75, 3.05) is 13.1 Å². The maximum atomic E-state index is 12.5. The number of allylic oxidation sites excluding steroid dienone is 1. The van der Waals surface area contributed by atoms with Crippen LogP contribution in [0.5, 0.6) is 0 Å². The molecule has 0 bridgehead atoms. The van der Waals surface area contributed by atoms with Gasteiger partial charge in [-0.15, -0.1) is 0 Å². The number of nitrogens with two attached hydrogens (primary N) is 1. The van der Waals surface area contributed by atoms with Crippen LogP contribution in [0.4, 0.5) is 4.79 Å². The van der Waals surface area contributed by atoms with Gasteiger partial charge in [0.1, 0.15) is 0 Å². The summed E-state index contributed by atoms with van der Waals surface area (Å²) in [7, 11) is 0. The predicted molar refractivity (Wildman–Crippen MR) is 93.6 cm³/mol. The van der Waals surface area contributed by atoms with Gasteiger partial charge in [-0.3, -0.25) is 10.0 Å². The molecule has 1 heterocycles. The van der Waals surface area contributed by atoms with Crippen LogP contribution in [0.25, 0.3) is 0 Å². The Hall–Kier alpha value is -2.60. The van der Waals surface area contributed by atoms with Gasteiger partial charge in [0, 0.05) is 13.1 Å². The van der Waals surface area contributed by atoms with Gasteiger partial charge in [-0.1, -0.05) is 42.0 Å². The number of amides is 3. The second-order valence-corrected chi connectivity index (χ2v) is 6.66. The van der Waals surface area contributed by atoms with Crippen molar-refractivity contribution in [3.05, 3.63) is 58.7 Å². The number of nitrogens with zero attached hydrogens (tertiary/aromatic N) is 2. The Balaban J connectivity index is 1.62. The fraction of sp³-hybridized carbons (Fsp3) is 0.368. The van der Waals surface area contributed by atoms with E-state index in [2.05, 4.69) is 0 Å². The first-order chi connectivity index (χ1) is 11.9. The Morgan fingerprint density at radius 3 is 2.68 bits per heavy atom. The molecule has 3 rings (SSSR count). The van der Waals surface area contributed by atoms with Crippen LogP contribution in [0.1, 0.15) is 24.0 Å². The highest BCUT2D eigenvalue weighted by molar-refractivity contribution is 5.80. The second kappa shape index (κ2) is 7.11. The van der Waals surface area contributed by atoms with E-state index < -0.39 is 6.03 Å². The monoisotopic (exact) mass is 341 g/mol. The number of benzene rings is 1. The third-order valence-corrected chi connectivity index (χ3v) is 4.75. The Morgan fingerprint density at radius 2 is 2.00 bits per heavy atom. The van der Waals surface area contributed by atoms with Crippen LogP contribution < -0.4 is 5.73 Å². The summed E-state index contributed by atoms with van der Waals surface area (Å²) in [6.07, 6.45) is 5.14. The zero-order valence-corrected chi connectivity index (χ0v) is 14.3. The minimum Gasteiger partial charge on any atom is -0.369 e. The lowest BCUT2D eigenvalue weighted by Gasteiger charge is -2.34. The Kier molecular flexibility index (Phi) is 4.90. The van der Waals surface area contributed by atoms with Crippen molar-refractivity contribution in [1.29, 1.82) is 0 Å². The SMILES string of the molecule is Cc1ccc(CN(O)C(=O)N2CCC3=CC(C(N)=O)CC=C3C2)cc1. The molecule has 1 aromatic rings. The molecule has 1 aliphatic carbocycles. The second-order valence-electron chi connectivity index (χ2n) is 6.66. The van der Waals surface area contributed by atoms with Gasteiger partial charge < -0.3 is 10.6 Å². The van der Waals surface area contributed by atoms with E-state index in [0.717, 1.165) is 27.3 Å². The average Bonchev–Trinajstić information content (AvgIpc) is 2.62. The zero-order chi connectivity index (χ0) is 18.0. The molecule has 1 atom stereocenters. The molecule has 0 radical (unpaired) electrons. The maximum absolute atomic E-state index is 12.5. The molecule has 1 fully saturated rings. The van der Waals surface area contributed by atoms with Crippen molar-refractivity contribution in [1.82, 2.24) is 9.96 Å². The lowest BCUT2D eigenvalue weighted by molar-refractivity contribution is -0.120. The fourth-order valence-corrected chi connectivity index (χ4v) is 3.23. The first-order valence-electron chi connectivity index (χ1n) is 8.44. The summed E-state index contributed by atoms with van der Waals surface area (Å²) in [6, 6.07) is 7.30. The zero-order valence-electron chi connectivity index (χ0n) is 14.3. The Morgan fingerprint density at radius 1 is 1.28 bits per heavy atom. The van der Waals surface area contributed by atoms with E-state index in [-0.39, 0.29) is 18.4 Å². The van der Waals surface area contributed by atoms with E-state index in [1.807, 2.05) is 43.3 Å². The molecule has 1 aliphatic heterocycles. The van der Waals surface area contributed by atoms with Gasteiger partial charge in [-0.25, -0.2) is 9.86 Å². The van der Waals surface area contributed by atoms with Crippen LogP contribution in [-0.2, 0) is 11.3 Å². The summed E-state index contributed by atoms with van der Waals surface area (Å²) >= 11 is 0.